The molecule has 4 unspecified atom stereocenters. The van der Waals surface area contributed by atoms with Gasteiger partial charge in [0.15, 0.2) is 5.78 Å². The van der Waals surface area contributed by atoms with Gasteiger partial charge in [-0.05, 0) is 42.5 Å². The van der Waals surface area contributed by atoms with Crippen molar-refractivity contribution in [2.45, 2.75) is 44.1 Å². The van der Waals surface area contributed by atoms with E-state index in [1.807, 2.05) is 22.6 Å². The molecule has 1 fully saturated rings. The molecule has 0 amide bonds. The van der Waals surface area contributed by atoms with E-state index in [9.17, 15) is 4.79 Å². The molecule has 0 aromatic rings. The van der Waals surface area contributed by atoms with Crippen molar-refractivity contribution in [3.63, 3.8) is 0 Å². The number of rotatable bonds is 2. The molecule has 18 heavy (non-hydrogen) atoms. The predicted molar refractivity (Wildman–Crippen MR) is 72.3 cm³/mol. The number of carbonyl (C=O) groups is 1. The highest BCUT2D eigenvalue weighted by Crippen LogP contribution is 2.42. The van der Waals surface area contributed by atoms with E-state index in [1.54, 1.807) is 27.0 Å². The Balaban J connectivity index is 2.32. The fourth-order valence-electron chi connectivity index (χ4n) is 2.19. The lowest BCUT2D eigenvalue weighted by molar-refractivity contribution is -0.442. The number of carbonyl (C=O) groups excluding carboxylic acids is 1. The number of methoxy groups -OCH3 is 2. The molecule has 2 aliphatic rings. The Morgan fingerprint density at radius 2 is 1.83 bits per heavy atom. The summed E-state index contributed by atoms with van der Waals surface area (Å²) in [5, 5.41) is 0. The van der Waals surface area contributed by atoms with E-state index in [4.69, 9.17) is 18.9 Å². The van der Waals surface area contributed by atoms with E-state index in [0.29, 0.717) is 10.0 Å². The molecule has 0 bridgehead atoms. The highest BCUT2D eigenvalue weighted by atomic mass is 127. The Bertz CT molecular complexity index is 396. The van der Waals surface area contributed by atoms with Crippen LogP contribution in [-0.2, 0) is 23.7 Å². The maximum absolute atomic E-state index is 11.7. The molecule has 6 heteroatoms. The zero-order valence-corrected chi connectivity index (χ0v) is 13.0. The molecule has 0 saturated carbocycles. The quantitative estimate of drug-likeness (QED) is 0.696. The van der Waals surface area contributed by atoms with Crippen molar-refractivity contribution in [3.8, 4) is 0 Å². The Morgan fingerprint density at radius 1 is 1.28 bits per heavy atom. The second-order valence-electron chi connectivity index (χ2n) is 4.68. The van der Waals surface area contributed by atoms with Gasteiger partial charge in [0.25, 0.3) is 0 Å². The summed E-state index contributed by atoms with van der Waals surface area (Å²) < 4.78 is 23.3. The first-order valence-corrected chi connectivity index (χ1v) is 6.79. The van der Waals surface area contributed by atoms with Crippen LogP contribution in [0.1, 0.15) is 20.3 Å². The van der Waals surface area contributed by atoms with Gasteiger partial charge in [-0.1, -0.05) is 0 Å². The van der Waals surface area contributed by atoms with Gasteiger partial charge < -0.3 is 18.9 Å². The summed E-state index contributed by atoms with van der Waals surface area (Å²) >= 11 is 2.02. The highest BCUT2D eigenvalue weighted by Gasteiger charge is 2.57. The van der Waals surface area contributed by atoms with Gasteiger partial charge in [0.1, 0.15) is 6.10 Å². The third-order valence-electron chi connectivity index (χ3n) is 3.67. The van der Waals surface area contributed by atoms with Gasteiger partial charge in [-0.25, -0.2) is 0 Å². The minimum atomic E-state index is -1.04. The summed E-state index contributed by atoms with van der Waals surface area (Å²) in [4.78, 5) is 11.7. The topological polar surface area (TPSA) is 54.0 Å². The predicted octanol–water partition coefficient (Wildman–Crippen LogP) is 1.79. The summed E-state index contributed by atoms with van der Waals surface area (Å²) in [6.45, 7) is 3.52. The van der Waals surface area contributed by atoms with Crippen LogP contribution in [0, 0.1) is 0 Å². The highest BCUT2D eigenvalue weighted by molar-refractivity contribution is 14.1. The molecule has 102 valence electrons. The zero-order chi connectivity index (χ0) is 13.6. The SMILES string of the molecule is COC1(C)OC2C=C(I)C(=O)CC2OC1(C)OC. The minimum Gasteiger partial charge on any atom is -0.349 e. The fourth-order valence-corrected chi connectivity index (χ4v) is 2.76. The van der Waals surface area contributed by atoms with Gasteiger partial charge in [-0.15, -0.1) is 0 Å². The summed E-state index contributed by atoms with van der Waals surface area (Å²) in [6, 6.07) is 0. The summed E-state index contributed by atoms with van der Waals surface area (Å²) in [5.41, 5.74) is 0. The largest absolute Gasteiger partial charge is 0.349 e. The van der Waals surface area contributed by atoms with E-state index in [-0.39, 0.29) is 18.0 Å². The molecule has 1 aliphatic heterocycles. The van der Waals surface area contributed by atoms with E-state index < -0.39 is 11.6 Å². The third-order valence-corrected chi connectivity index (χ3v) is 4.63. The summed E-state index contributed by atoms with van der Waals surface area (Å²) in [7, 11) is 3.08. The van der Waals surface area contributed by atoms with Crippen molar-refractivity contribution in [1.29, 1.82) is 0 Å². The lowest BCUT2D eigenvalue weighted by Gasteiger charge is -2.52. The van der Waals surface area contributed by atoms with Crippen LogP contribution < -0.4 is 0 Å². The van der Waals surface area contributed by atoms with Crippen molar-refractivity contribution < 1.29 is 23.7 Å². The number of halogens is 1. The summed E-state index contributed by atoms with van der Waals surface area (Å²) in [5.74, 6) is -1.99. The van der Waals surface area contributed by atoms with Crippen LogP contribution in [0.4, 0.5) is 0 Å². The maximum atomic E-state index is 11.7. The number of hydrogen-bond donors (Lipinski definition) is 0. The normalized spacial score (nSPS) is 44.5. The molecule has 1 saturated heterocycles. The molecular weight excluding hydrogens is 351 g/mol. The number of hydrogen-bond acceptors (Lipinski definition) is 5. The molecule has 0 N–H and O–H groups in total. The molecule has 2 rings (SSSR count). The standard InChI is InChI=1S/C12H17IO5/c1-11(15-3)12(2,16-4)18-10-6-8(14)7(13)5-9(10)17-11/h5,9-10H,6H2,1-4H3. The first kappa shape index (κ1) is 14.4. The number of ether oxygens (including phenoxy) is 4. The zero-order valence-electron chi connectivity index (χ0n) is 10.9. The maximum Gasteiger partial charge on any atom is 0.220 e. The van der Waals surface area contributed by atoms with Crippen LogP contribution in [-0.4, -0.2) is 43.8 Å². The molecule has 0 aromatic heterocycles. The van der Waals surface area contributed by atoms with E-state index in [1.165, 1.54) is 7.11 Å². The van der Waals surface area contributed by atoms with Crippen LogP contribution in [0.25, 0.3) is 0 Å². The van der Waals surface area contributed by atoms with Crippen molar-refractivity contribution >= 4 is 28.4 Å². The first-order valence-electron chi connectivity index (χ1n) is 5.71. The van der Waals surface area contributed by atoms with Crippen molar-refractivity contribution in [2.75, 3.05) is 14.2 Å². The van der Waals surface area contributed by atoms with Crippen LogP contribution in [0.3, 0.4) is 0 Å². The Morgan fingerprint density at radius 3 is 2.39 bits per heavy atom. The van der Waals surface area contributed by atoms with Crippen LogP contribution >= 0.6 is 22.6 Å². The first-order chi connectivity index (χ1) is 8.35. The van der Waals surface area contributed by atoms with E-state index in [2.05, 4.69) is 0 Å². The van der Waals surface area contributed by atoms with Gasteiger partial charge in [0, 0.05) is 20.6 Å². The Kier molecular flexibility index (Phi) is 3.86. The van der Waals surface area contributed by atoms with Gasteiger partial charge in [-0.3, -0.25) is 4.79 Å². The second-order valence-corrected chi connectivity index (χ2v) is 5.84. The van der Waals surface area contributed by atoms with Gasteiger partial charge >= 0.3 is 0 Å². The van der Waals surface area contributed by atoms with Crippen LogP contribution in [0.2, 0.25) is 0 Å². The molecule has 1 aliphatic carbocycles. The van der Waals surface area contributed by atoms with Crippen LogP contribution in [0.5, 0.6) is 0 Å². The van der Waals surface area contributed by atoms with E-state index in [0.717, 1.165) is 0 Å². The Labute approximate surface area is 120 Å². The van der Waals surface area contributed by atoms with Crippen molar-refractivity contribution in [3.05, 3.63) is 9.66 Å². The molecule has 4 atom stereocenters. The number of Topliss-reactive ketones (excluding diaryl/α,β-unsaturated/α-hetero) is 1. The minimum absolute atomic E-state index is 0.0694. The van der Waals surface area contributed by atoms with E-state index >= 15 is 0 Å². The van der Waals surface area contributed by atoms with Gasteiger partial charge in [-0.2, -0.15) is 0 Å². The Hall–Kier alpha value is -0.0200. The molecule has 0 spiro atoms. The molecule has 0 aromatic carbocycles. The lowest BCUT2D eigenvalue weighted by atomic mass is 9.96. The molecule has 1 heterocycles. The molecule has 5 nitrogen and oxygen atoms in total. The fraction of sp³-hybridized carbons (Fsp3) is 0.750. The van der Waals surface area contributed by atoms with Gasteiger partial charge in [0.2, 0.25) is 11.6 Å². The van der Waals surface area contributed by atoms with Crippen molar-refractivity contribution in [2.24, 2.45) is 0 Å². The number of ketones is 1. The third kappa shape index (κ3) is 2.14. The smallest absolute Gasteiger partial charge is 0.220 e. The molecular formula is C12H17IO5. The second kappa shape index (κ2) is 4.82. The summed E-state index contributed by atoms with van der Waals surface area (Å²) in [6.07, 6.45) is 1.47. The average Bonchev–Trinajstić information content (AvgIpc) is 2.33. The van der Waals surface area contributed by atoms with Gasteiger partial charge in [0.05, 0.1) is 9.68 Å². The van der Waals surface area contributed by atoms with Crippen molar-refractivity contribution in [1.82, 2.24) is 0 Å². The number of fused-ring (bicyclic) bond motifs is 1. The number of allylic oxidation sites excluding steroid dienone is 1. The van der Waals surface area contributed by atoms with Crippen LogP contribution in [0.15, 0.2) is 9.66 Å². The lowest BCUT2D eigenvalue weighted by Crippen LogP contribution is -2.65. The monoisotopic (exact) mass is 368 g/mol. The molecule has 0 radical (unpaired) electrons. The average molecular weight is 368 g/mol.